The molecule has 7 nitrogen and oxygen atoms in total. The Hall–Kier alpha value is -1.77. The van der Waals surface area contributed by atoms with Crippen LogP contribution in [0.4, 0.5) is 0 Å². The fraction of sp³-hybridized carbons (Fsp3) is 0.385. The van der Waals surface area contributed by atoms with E-state index in [-0.39, 0.29) is 11.5 Å². The maximum absolute atomic E-state index is 12.1. The topological polar surface area (TPSA) is 97.1 Å². The van der Waals surface area contributed by atoms with Crippen molar-refractivity contribution >= 4 is 10.0 Å². The number of aliphatic hydroxyl groups excluding tert-OH is 1. The molecule has 0 aliphatic rings. The molecular weight excluding hydrogens is 292 g/mol. The predicted molar refractivity (Wildman–Crippen MR) is 77.1 cm³/mol. The van der Waals surface area contributed by atoms with Gasteiger partial charge in [0.15, 0.2) is 0 Å². The van der Waals surface area contributed by atoms with E-state index in [0.29, 0.717) is 25.9 Å². The second kappa shape index (κ2) is 7.30. The average molecular weight is 310 g/mol. The van der Waals surface area contributed by atoms with Gasteiger partial charge in [-0.15, -0.1) is 0 Å². The fourth-order valence-electron chi connectivity index (χ4n) is 1.80. The van der Waals surface area contributed by atoms with Crippen LogP contribution in [0.15, 0.2) is 41.8 Å². The number of rotatable bonds is 8. The lowest BCUT2D eigenvalue weighted by Gasteiger charge is -2.04. The summed E-state index contributed by atoms with van der Waals surface area (Å²) < 4.78 is 28.2. The fourth-order valence-corrected chi connectivity index (χ4v) is 2.78. The highest BCUT2D eigenvalue weighted by molar-refractivity contribution is 7.89. The van der Waals surface area contributed by atoms with Gasteiger partial charge in [-0.1, -0.05) is 6.07 Å². The van der Waals surface area contributed by atoms with Gasteiger partial charge in [-0.05, 0) is 24.5 Å². The highest BCUT2D eigenvalue weighted by Gasteiger charge is 2.15. The quantitative estimate of drug-likeness (QED) is 0.725. The predicted octanol–water partition coefficient (Wildman–Crippen LogP) is 0.181. The number of nitrogens with one attached hydrogen (secondary N) is 1. The number of aryl methyl sites for hydroxylation is 1. The first-order valence-electron chi connectivity index (χ1n) is 6.64. The molecule has 0 spiro atoms. The van der Waals surface area contributed by atoms with E-state index < -0.39 is 10.0 Å². The second-order valence-electron chi connectivity index (χ2n) is 4.53. The molecule has 0 saturated heterocycles. The lowest BCUT2D eigenvalue weighted by atomic mass is 10.2. The molecule has 0 atom stereocenters. The molecule has 0 aliphatic heterocycles. The third-order valence-electron chi connectivity index (χ3n) is 2.89. The molecule has 0 bridgehead atoms. The first-order chi connectivity index (χ1) is 10.1. The Kier molecular flexibility index (Phi) is 5.43. The van der Waals surface area contributed by atoms with Crippen molar-refractivity contribution in [3.63, 3.8) is 0 Å². The van der Waals surface area contributed by atoms with Crippen LogP contribution in [0.25, 0.3) is 0 Å². The number of hydrogen-bond acceptors (Lipinski definition) is 5. The Morgan fingerprint density at radius 1 is 1.33 bits per heavy atom. The molecule has 8 heteroatoms. The number of sulfonamides is 1. The van der Waals surface area contributed by atoms with E-state index in [1.54, 1.807) is 12.4 Å². The van der Waals surface area contributed by atoms with E-state index in [1.807, 2.05) is 12.1 Å². The van der Waals surface area contributed by atoms with Gasteiger partial charge >= 0.3 is 0 Å². The van der Waals surface area contributed by atoms with Gasteiger partial charge < -0.3 is 5.11 Å². The van der Waals surface area contributed by atoms with Crippen molar-refractivity contribution in [1.29, 1.82) is 0 Å². The standard InChI is InChI=1S/C13H18N4O3S/c18-8-2-7-17-11-13(10-15-17)21(19,20)16-6-4-12-3-1-5-14-9-12/h1,3,5,9-11,16,18H,2,4,6-8H2. The monoisotopic (exact) mass is 310 g/mol. The molecule has 0 fully saturated rings. The van der Waals surface area contributed by atoms with Gasteiger partial charge in [-0.25, -0.2) is 13.1 Å². The van der Waals surface area contributed by atoms with Crippen molar-refractivity contribution < 1.29 is 13.5 Å². The summed E-state index contributed by atoms with van der Waals surface area (Å²) in [5.74, 6) is 0. The zero-order valence-corrected chi connectivity index (χ0v) is 12.3. The van der Waals surface area contributed by atoms with E-state index in [0.717, 1.165) is 5.56 Å². The Balaban J connectivity index is 1.90. The minimum atomic E-state index is -3.55. The van der Waals surface area contributed by atoms with Gasteiger partial charge in [0.1, 0.15) is 4.90 Å². The third-order valence-corrected chi connectivity index (χ3v) is 4.31. The SMILES string of the molecule is O=S(=O)(NCCc1cccnc1)c1cnn(CCCO)c1. The van der Waals surface area contributed by atoms with Crippen molar-refractivity contribution in [2.24, 2.45) is 0 Å². The molecule has 0 saturated carbocycles. The zero-order valence-electron chi connectivity index (χ0n) is 11.5. The van der Waals surface area contributed by atoms with E-state index in [9.17, 15) is 8.42 Å². The zero-order chi connectivity index (χ0) is 15.1. The lowest BCUT2D eigenvalue weighted by molar-refractivity contribution is 0.277. The Morgan fingerprint density at radius 2 is 2.19 bits per heavy atom. The molecule has 0 radical (unpaired) electrons. The van der Waals surface area contributed by atoms with Crippen LogP contribution in [0.5, 0.6) is 0 Å². The van der Waals surface area contributed by atoms with Crippen LogP contribution in [-0.4, -0.2) is 41.4 Å². The number of nitrogens with zero attached hydrogens (tertiary/aromatic N) is 3. The van der Waals surface area contributed by atoms with E-state index >= 15 is 0 Å². The molecule has 2 rings (SSSR count). The van der Waals surface area contributed by atoms with Crippen molar-refractivity contribution in [2.45, 2.75) is 24.3 Å². The largest absolute Gasteiger partial charge is 0.396 e. The van der Waals surface area contributed by atoms with Gasteiger partial charge in [0.2, 0.25) is 10.0 Å². The molecule has 0 aliphatic carbocycles. The van der Waals surface area contributed by atoms with Crippen LogP contribution in [0.1, 0.15) is 12.0 Å². The summed E-state index contributed by atoms with van der Waals surface area (Å²) in [6, 6.07) is 3.71. The van der Waals surface area contributed by atoms with E-state index in [2.05, 4.69) is 14.8 Å². The van der Waals surface area contributed by atoms with E-state index in [4.69, 9.17) is 5.11 Å². The Morgan fingerprint density at radius 3 is 2.90 bits per heavy atom. The van der Waals surface area contributed by atoms with Crippen LogP contribution in [-0.2, 0) is 23.0 Å². The summed E-state index contributed by atoms with van der Waals surface area (Å²) in [6.45, 7) is 0.836. The maximum Gasteiger partial charge on any atom is 0.243 e. The van der Waals surface area contributed by atoms with Crippen molar-refractivity contribution in [3.05, 3.63) is 42.5 Å². The Bertz CT molecular complexity index is 655. The summed E-state index contributed by atoms with van der Waals surface area (Å²) in [7, 11) is -3.55. The van der Waals surface area contributed by atoms with Gasteiger partial charge in [-0.3, -0.25) is 9.67 Å². The molecule has 2 aromatic heterocycles. The third kappa shape index (κ3) is 4.62. The molecule has 0 unspecified atom stereocenters. The minimum absolute atomic E-state index is 0.0469. The Labute approximate surface area is 123 Å². The van der Waals surface area contributed by atoms with Gasteiger partial charge in [0, 0.05) is 38.3 Å². The van der Waals surface area contributed by atoms with Gasteiger partial charge in [0.25, 0.3) is 0 Å². The molecular formula is C13H18N4O3S. The molecule has 114 valence electrons. The van der Waals surface area contributed by atoms with Crippen LogP contribution in [0, 0.1) is 0 Å². The summed E-state index contributed by atoms with van der Waals surface area (Å²) in [5, 5.41) is 12.7. The number of hydrogen-bond donors (Lipinski definition) is 2. The number of aromatic nitrogens is 3. The highest BCUT2D eigenvalue weighted by atomic mass is 32.2. The van der Waals surface area contributed by atoms with Gasteiger partial charge in [-0.2, -0.15) is 5.10 Å². The minimum Gasteiger partial charge on any atom is -0.396 e. The average Bonchev–Trinajstić information content (AvgIpc) is 2.96. The molecule has 2 N–H and O–H groups in total. The van der Waals surface area contributed by atoms with Crippen molar-refractivity contribution in [1.82, 2.24) is 19.5 Å². The number of pyridine rings is 1. The first kappa shape index (κ1) is 15.6. The summed E-state index contributed by atoms with van der Waals surface area (Å²) in [4.78, 5) is 4.11. The van der Waals surface area contributed by atoms with Crippen molar-refractivity contribution in [2.75, 3.05) is 13.2 Å². The van der Waals surface area contributed by atoms with Crippen LogP contribution >= 0.6 is 0 Å². The highest BCUT2D eigenvalue weighted by Crippen LogP contribution is 2.07. The molecule has 2 heterocycles. The normalized spacial score (nSPS) is 11.7. The van der Waals surface area contributed by atoms with Crippen molar-refractivity contribution in [3.8, 4) is 0 Å². The second-order valence-corrected chi connectivity index (χ2v) is 6.29. The first-order valence-corrected chi connectivity index (χ1v) is 8.12. The number of aliphatic hydroxyl groups is 1. The molecule has 2 aromatic rings. The molecule has 0 aromatic carbocycles. The lowest BCUT2D eigenvalue weighted by Crippen LogP contribution is -2.25. The molecule has 0 amide bonds. The van der Waals surface area contributed by atoms with Gasteiger partial charge in [0.05, 0.1) is 6.20 Å². The summed E-state index contributed by atoms with van der Waals surface area (Å²) >= 11 is 0. The van der Waals surface area contributed by atoms with Crippen LogP contribution in [0.2, 0.25) is 0 Å². The summed E-state index contributed by atoms with van der Waals surface area (Å²) in [5.41, 5.74) is 0.971. The van der Waals surface area contributed by atoms with E-state index in [1.165, 1.54) is 17.1 Å². The maximum atomic E-state index is 12.1. The molecule has 21 heavy (non-hydrogen) atoms. The smallest absolute Gasteiger partial charge is 0.243 e. The summed E-state index contributed by atoms with van der Waals surface area (Å²) in [6.07, 6.45) is 7.27. The van der Waals surface area contributed by atoms with Crippen LogP contribution < -0.4 is 4.72 Å². The van der Waals surface area contributed by atoms with Crippen LogP contribution in [0.3, 0.4) is 0 Å².